The Morgan fingerprint density at radius 1 is 0.756 bits per heavy atom. The van der Waals surface area contributed by atoms with Gasteiger partial charge in [0.2, 0.25) is 23.6 Å². The zero-order valence-electron chi connectivity index (χ0n) is 25.1. The van der Waals surface area contributed by atoms with E-state index in [0.717, 1.165) is 27.4 Å². The van der Waals surface area contributed by atoms with Gasteiger partial charge in [-0.3, -0.25) is 19.2 Å². The topological polar surface area (TPSA) is 225 Å². The highest BCUT2D eigenvalue weighted by Crippen LogP contribution is 2.21. The smallest absolute Gasteiger partial charge is 0.326 e. The second-order valence-corrected chi connectivity index (χ2v) is 11.4. The van der Waals surface area contributed by atoms with Crippen LogP contribution in [0.2, 0.25) is 0 Å². The van der Waals surface area contributed by atoms with Crippen molar-refractivity contribution in [2.75, 3.05) is 0 Å². The Morgan fingerprint density at radius 3 is 1.82 bits per heavy atom. The number of H-pyrrole nitrogens is 2. The molecule has 10 N–H and O–H groups in total. The number of hydrogen-bond donors (Lipinski definition) is 8. The van der Waals surface area contributed by atoms with Gasteiger partial charge in [-0.15, -0.1) is 0 Å². The molecule has 13 heteroatoms. The van der Waals surface area contributed by atoms with Crippen molar-refractivity contribution in [3.05, 3.63) is 72.1 Å². The molecule has 0 aliphatic carbocycles. The van der Waals surface area contributed by atoms with E-state index in [1.165, 1.54) is 0 Å². The maximum absolute atomic E-state index is 13.6. The van der Waals surface area contributed by atoms with Crippen molar-refractivity contribution in [3.63, 3.8) is 0 Å². The van der Waals surface area contributed by atoms with E-state index in [4.69, 9.17) is 11.5 Å². The van der Waals surface area contributed by atoms with Crippen molar-refractivity contribution in [2.24, 2.45) is 17.4 Å². The van der Waals surface area contributed by atoms with Gasteiger partial charge in [-0.2, -0.15) is 0 Å². The SMILES string of the molecule is CC(C)C(NC(=O)C(N)Cc1c[nH]c2ccccc12)C(=O)NC(Cc1c[nH]c2ccccc12)C(=O)NC(CCC(N)=O)C(=O)O. The number of aliphatic carboxylic acids is 1. The summed E-state index contributed by atoms with van der Waals surface area (Å²) >= 11 is 0. The summed E-state index contributed by atoms with van der Waals surface area (Å²) < 4.78 is 0. The van der Waals surface area contributed by atoms with Crippen molar-refractivity contribution >= 4 is 51.4 Å². The number of benzene rings is 2. The lowest BCUT2D eigenvalue weighted by Crippen LogP contribution is -2.59. The molecule has 4 atom stereocenters. The predicted octanol–water partition coefficient (Wildman–Crippen LogP) is 1.22. The zero-order chi connectivity index (χ0) is 32.7. The van der Waals surface area contributed by atoms with Crippen LogP contribution in [0.4, 0.5) is 0 Å². The molecule has 0 saturated carbocycles. The fourth-order valence-corrected chi connectivity index (χ4v) is 5.23. The minimum Gasteiger partial charge on any atom is -0.480 e. The summed E-state index contributed by atoms with van der Waals surface area (Å²) in [4.78, 5) is 69.7. The number of amides is 4. The van der Waals surface area contributed by atoms with Crippen LogP contribution in [0, 0.1) is 5.92 Å². The van der Waals surface area contributed by atoms with Gasteiger partial charge in [-0.25, -0.2) is 4.79 Å². The van der Waals surface area contributed by atoms with Gasteiger partial charge in [0.05, 0.1) is 6.04 Å². The Kier molecular flexibility index (Phi) is 10.6. The summed E-state index contributed by atoms with van der Waals surface area (Å²) in [6.07, 6.45) is 3.29. The number of carboxylic acids is 1. The van der Waals surface area contributed by atoms with Crippen LogP contribution in [-0.4, -0.2) is 68.8 Å². The van der Waals surface area contributed by atoms with Crippen LogP contribution >= 0.6 is 0 Å². The van der Waals surface area contributed by atoms with Crippen LogP contribution in [0.15, 0.2) is 60.9 Å². The molecule has 0 aliphatic rings. The zero-order valence-corrected chi connectivity index (χ0v) is 25.1. The number of aromatic nitrogens is 2. The number of carbonyl (C=O) groups is 5. The number of para-hydroxylation sites is 2. The van der Waals surface area contributed by atoms with E-state index in [-0.39, 0.29) is 31.6 Å². The van der Waals surface area contributed by atoms with Gasteiger partial charge in [0.1, 0.15) is 18.1 Å². The maximum atomic E-state index is 13.6. The first-order valence-electron chi connectivity index (χ1n) is 14.7. The quantitative estimate of drug-likeness (QED) is 0.0972. The van der Waals surface area contributed by atoms with Gasteiger partial charge in [0.25, 0.3) is 0 Å². The first-order chi connectivity index (χ1) is 21.4. The van der Waals surface area contributed by atoms with E-state index >= 15 is 0 Å². The average Bonchev–Trinajstić information content (AvgIpc) is 3.60. The summed E-state index contributed by atoms with van der Waals surface area (Å²) in [5, 5.41) is 19.3. The Hall–Kier alpha value is -5.17. The first-order valence-corrected chi connectivity index (χ1v) is 14.7. The number of carbonyl (C=O) groups excluding carboxylic acids is 4. The summed E-state index contributed by atoms with van der Waals surface area (Å²) in [7, 11) is 0. The van der Waals surface area contributed by atoms with Crippen molar-refractivity contribution in [2.45, 2.75) is 63.7 Å². The molecule has 0 spiro atoms. The standard InChI is InChI=1S/C32H39N7O6/c1-17(2)28(39-29(41)22(33)13-18-15-35-23-9-5-3-7-20(18)23)31(43)38-26(14-19-16-36-24-10-6-4-8-21(19)24)30(42)37-25(32(44)45)11-12-27(34)40/h3-10,15-17,22,25-26,28,35-36H,11-14,33H2,1-2H3,(H2,34,40)(H,37,42)(H,38,43)(H,39,41)(H,44,45). The van der Waals surface area contributed by atoms with Crippen LogP contribution in [0.3, 0.4) is 0 Å². The molecule has 2 heterocycles. The molecule has 2 aromatic heterocycles. The molecule has 0 saturated heterocycles. The number of primary amides is 1. The number of carboxylic acid groups (broad SMARTS) is 1. The molecule has 4 amide bonds. The highest BCUT2D eigenvalue weighted by atomic mass is 16.4. The van der Waals surface area contributed by atoms with E-state index in [1.807, 2.05) is 48.5 Å². The Bertz CT molecular complexity index is 1690. The highest BCUT2D eigenvalue weighted by Gasteiger charge is 2.32. The van der Waals surface area contributed by atoms with Gasteiger partial charge in [-0.1, -0.05) is 50.2 Å². The third kappa shape index (κ3) is 8.26. The number of nitrogens with two attached hydrogens (primary N) is 2. The second-order valence-electron chi connectivity index (χ2n) is 11.4. The molecule has 0 fully saturated rings. The molecule has 13 nitrogen and oxygen atoms in total. The molecule has 45 heavy (non-hydrogen) atoms. The number of hydrogen-bond acceptors (Lipinski definition) is 6. The Morgan fingerprint density at radius 2 is 1.29 bits per heavy atom. The monoisotopic (exact) mass is 617 g/mol. The molecule has 4 rings (SSSR count). The summed E-state index contributed by atoms with van der Waals surface area (Å²) in [6.45, 7) is 3.49. The number of rotatable bonds is 15. The number of fused-ring (bicyclic) bond motifs is 2. The van der Waals surface area contributed by atoms with Crippen molar-refractivity contribution < 1.29 is 29.1 Å². The maximum Gasteiger partial charge on any atom is 0.326 e. The summed E-state index contributed by atoms with van der Waals surface area (Å²) in [5.41, 5.74) is 14.7. The molecular weight excluding hydrogens is 578 g/mol. The molecule has 4 unspecified atom stereocenters. The van der Waals surface area contributed by atoms with E-state index < -0.39 is 53.8 Å². The minimum atomic E-state index is -1.41. The third-order valence-electron chi connectivity index (χ3n) is 7.72. The van der Waals surface area contributed by atoms with Crippen LogP contribution in [-0.2, 0) is 36.8 Å². The molecule has 0 bridgehead atoms. The van der Waals surface area contributed by atoms with Crippen LogP contribution in [0.25, 0.3) is 21.8 Å². The van der Waals surface area contributed by atoms with Gasteiger partial charge in [-0.05, 0) is 42.0 Å². The fourth-order valence-electron chi connectivity index (χ4n) is 5.23. The van der Waals surface area contributed by atoms with Crippen LogP contribution in [0.1, 0.15) is 37.8 Å². The van der Waals surface area contributed by atoms with Gasteiger partial charge in [0, 0.05) is 47.0 Å². The summed E-state index contributed by atoms with van der Waals surface area (Å²) in [5.74, 6) is -4.38. The molecule has 0 aliphatic heterocycles. The lowest BCUT2D eigenvalue weighted by molar-refractivity contribution is -0.142. The van der Waals surface area contributed by atoms with Crippen molar-refractivity contribution in [1.29, 1.82) is 0 Å². The third-order valence-corrected chi connectivity index (χ3v) is 7.72. The molecule has 2 aromatic carbocycles. The fraction of sp³-hybridized carbons (Fsp3) is 0.344. The molecule has 0 radical (unpaired) electrons. The lowest BCUT2D eigenvalue weighted by Gasteiger charge is -2.27. The molecule has 238 valence electrons. The minimum absolute atomic E-state index is 0.0165. The second kappa shape index (κ2) is 14.5. The van der Waals surface area contributed by atoms with Crippen LogP contribution in [0.5, 0.6) is 0 Å². The van der Waals surface area contributed by atoms with E-state index in [9.17, 15) is 29.1 Å². The highest BCUT2D eigenvalue weighted by molar-refractivity contribution is 5.95. The largest absolute Gasteiger partial charge is 0.480 e. The number of nitrogens with one attached hydrogen (secondary N) is 5. The first kappa shape index (κ1) is 32.7. The molecule has 4 aromatic rings. The van der Waals surface area contributed by atoms with Gasteiger partial charge < -0.3 is 42.5 Å². The Balaban J connectivity index is 1.51. The van der Waals surface area contributed by atoms with Gasteiger partial charge in [0.15, 0.2) is 0 Å². The van der Waals surface area contributed by atoms with Gasteiger partial charge >= 0.3 is 5.97 Å². The Labute approximate surface area is 259 Å². The average molecular weight is 618 g/mol. The lowest BCUT2D eigenvalue weighted by atomic mass is 9.99. The van der Waals surface area contributed by atoms with Crippen LogP contribution < -0.4 is 27.4 Å². The number of aromatic amines is 2. The van der Waals surface area contributed by atoms with E-state index in [1.54, 1.807) is 26.2 Å². The normalized spacial score (nSPS) is 14.0. The van der Waals surface area contributed by atoms with Crippen molar-refractivity contribution in [1.82, 2.24) is 25.9 Å². The molecular formula is C32H39N7O6. The van der Waals surface area contributed by atoms with E-state index in [2.05, 4.69) is 25.9 Å². The van der Waals surface area contributed by atoms with E-state index in [0.29, 0.717) is 5.56 Å². The summed E-state index contributed by atoms with van der Waals surface area (Å²) in [6, 6.07) is 10.4. The predicted molar refractivity (Wildman–Crippen MR) is 169 cm³/mol. The van der Waals surface area contributed by atoms with Crippen molar-refractivity contribution in [3.8, 4) is 0 Å².